The molecule has 1 N–H and O–H groups in total. The smallest absolute Gasteiger partial charge is 0.123 e. The number of rotatable bonds is 5. The molecule has 0 aliphatic carbocycles. The lowest BCUT2D eigenvalue weighted by Crippen LogP contribution is -2.13. The molecular weight excluding hydrogens is 250 g/mol. The number of nitrogens with zero attached hydrogens (tertiary/aromatic N) is 2. The zero-order valence-electron chi connectivity index (χ0n) is 11.7. The van der Waals surface area contributed by atoms with E-state index >= 15 is 0 Å². The van der Waals surface area contributed by atoms with E-state index in [0.717, 1.165) is 29.1 Å². The van der Waals surface area contributed by atoms with Crippen LogP contribution in [0.2, 0.25) is 0 Å². The van der Waals surface area contributed by atoms with Crippen LogP contribution in [0.15, 0.2) is 36.5 Å². The standard InChI is InChI=1S/C16H17N3O/c1-12-3-4-14(10-19-12)9-18-11-15-7-13(8-17)5-6-16(15)20-2/h3-7,10,18H,9,11H2,1-2H3. The van der Waals surface area contributed by atoms with Crippen molar-refractivity contribution in [1.82, 2.24) is 10.3 Å². The Morgan fingerprint density at radius 1 is 1.25 bits per heavy atom. The molecular formula is C16H17N3O. The summed E-state index contributed by atoms with van der Waals surface area (Å²) in [6.45, 7) is 3.34. The molecule has 0 radical (unpaired) electrons. The predicted molar refractivity (Wildman–Crippen MR) is 77.2 cm³/mol. The summed E-state index contributed by atoms with van der Waals surface area (Å²) >= 11 is 0. The number of methoxy groups -OCH3 is 1. The second kappa shape index (κ2) is 6.69. The Balaban J connectivity index is 2.00. The molecule has 0 bridgehead atoms. The van der Waals surface area contributed by atoms with Gasteiger partial charge in [0.1, 0.15) is 5.75 Å². The number of pyridine rings is 1. The second-order valence-corrected chi connectivity index (χ2v) is 4.55. The Kier molecular flexibility index (Phi) is 4.70. The number of hydrogen-bond acceptors (Lipinski definition) is 4. The number of aryl methyl sites for hydroxylation is 1. The van der Waals surface area contributed by atoms with E-state index < -0.39 is 0 Å². The van der Waals surface area contributed by atoms with E-state index in [1.165, 1.54) is 0 Å². The minimum atomic E-state index is 0.639. The fourth-order valence-electron chi connectivity index (χ4n) is 1.93. The Morgan fingerprint density at radius 2 is 2.10 bits per heavy atom. The van der Waals surface area contributed by atoms with Crippen molar-refractivity contribution < 1.29 is 4.74 Å². The zero-order chi connectivity index (χ0) is 14.4. The highest BCUT2D eigenvalue weighted by Crippen LogP contribution is 2.19. The Morgan fingerprint density at radius 3 is 2.75 bits per heavy atom. The molecule has 102 valence electrons. The van der Waals surface area contributed by atoms with Crippen molar-refractivity contribution in [2.24, 2.45) is 0 Å². The van der Waals surface area contributed by atoms with Crippen molar-refractivity contribution in [2.45, 2.75) is 20.0 Å². The van der Waals surface area contributed by atoms with E-state index in [0.29, 0.717) is 12.1 Å². The predicted octanol–water partition coefficient (Wildman–Crippen LogP) is 2.56. The number of hydrogen-bond donors (Lipinski definition) is 1. The largest absolute Gasteiger partial charge is 0.496 e. The highest BCUT2D eigenvalue weighted by molar-refractivity contribution is 5.42. The van der Waals surface area contributed by atoms with Crippen LogP contribution in [0, 0.1) is 18.3 Å². The van der Waals surface area contributed by atoms with E-state index in [2.05, 4.69) is 22.4 Å². The maximum absolute atomic E-state index is 8.94. The summed E-state index contributed by atoms with van der Waals surface area (Å²) < 4.78 is 5.30. The molecule has 0 aliphatic rings. The van der Waals surface area contributed by atoms with Crippen LogP contribution in [-0.4, -0.2) is 12.1 Å². The first-order valence-electron chi connectivity index (χ1n) is 6.42. The number of benzene rings is 1. The molecule has 0 saturated heterocycles. The Bertz CT molecular complexity index is 615. The lowest BCUT2D eigenvalue weighted by molar-refractivity contribution is 0.407. The van der Waals surface area contributed by atoms with Gasteiger partial charge in [0.15, 0.2) is 0 Å². The first kappa shape index (κ1) is 14.0. The van der Waals surface area contributed by atoms with Crippen molar-refractivity contribution >= 4 is 0 Å². The van der Waals surface area contributed by atoms with Crippen LogP contribution in [0.5, 0.6) is 5.75 Å². The average Bonchev–Trinajstić information content (AvgIpc) is 2.49. The highest BCUT2D eigenvalue weighted by atomic mass is 16.5. The van der Waals surface area contributed by atoms with E-state index in [-0.39, 0.29) is 0 Å². The lowest BCUT2D eigenvalue weighted by atomic mass is 10.1. The van der Waals surface area contributed by atoms with Crippen LogP contribution in [0.1, 0.15) is 22.4 Å². The maximum atomic E-state index is 8.94. The summed E-state index contributed by atoms with van der Waals surface area (Å²) in [7, 11) is 1.63. The molecule has 1 heterocycles. The minimum Gasteiger partial charge on any atom is -0.496 e. The molecule has 0 aliphatic heterocycles. The van der Waals surface area contributed by atoms with Crippen LogP contribution in [-0.2, 0) is 13.1 Å². The van der Waals surface area contributed by atoms with Crippen LogP contribution in [0.3, 0.4) is 0 Å². The third kappa shape index (κ3) is 3.56. The van der Waals surface area contributed by atoms with Gasteiger partial charge in [-0.15, -0.1) is 0 Å². The van der Waals surface area contributed by atoms with Gasteiger partial charge in [-0.05, 0) is 36.8 Å². The van der Waals surface area contributed by atoms with Crippen molar-refractivity contribution in [3.05, 3.63) is 58.9 Å². The molecule has 0 fully saturated rings. The summed E-state index contributed by atoms with van der Waals surface area (Å²) in [6.07, 6.45) is 1.87. The van der Waals surface area contributed by atoms with Crippen molar-refractivity contribution in [1.29, 1.82) is 5.26 Å². The van der Waals surface area contributed by atoms with Gasteiger partial charge in [0.05, 0.1) is 18.7 Å². The summed E-state index contributed by atoms with van der Waals surface area (Å²) in [5.74, 6) is 0.790. The van der Waals surface area contributed by atoms with Crippen LogP contribution in [0.25, 0.3) is 0 Å². The molecule has 20 heavy (non-hydrogen) atoms. The molecule has 2 aromatic rings. The molecule has 0 atom stereocenters. The third-order valence-corrected chi connectivity index (χ3v) is 3.03. The number of nitrogens with one attached hydrogen (secondary N) is 1. The molecule has 0 unspecified atom stereocenters. The van der Waals surface area contributed by atoms with E-state index in [1.807, 2.05) is 31.3 Å². The van der Waals surface area contributed by atoms with E-state index in [9.17, 15) is 0 Å². The SMILES string of the molecule is COc1ccc(C#N)cc1CNCc1ccc(C)nc1. The quantitative estimate of drug-likeness (QED) is 0.904. The summed E-state index contributed by atoms with van der Waals surface area (Å²) in [4.78, 5) is 4.26. The van der Waals surface area contributed by atoms with Gasteiger partial charge in [0, 0.05) is 30.5 Å². The van der Waals surface area contributed by atoms with Gasteiger partial charge in [0.25, 0.3) is 0 Å². The van der Waals surface area contributed by atoms with Gasteiger partial charge < -0.3 is 10.1 Å². The normalized spacial score (nSPS) is 10.1. The summed E-state index contributed by atoms with van der Waals surface area (Å²) in [5, 5.41) is 12.3. The summed E-state index contributed by atoms with van der Waals surface area (Å²) in [5.41, 5.74) is 3.76. The first-order chi connectivity index (χ1) is 9.72. The zero-order valence-corrected chi connectivity index (χ0v) is 11.7. The van der Waals surface area contributed by atoms with Crippen LogP contribution in [0.4, 0.5) is 0 Å². The Hall–Kier alpha value is -2.38. The molecule has 4 heteroatoms. The summed E-state index contributed by atoms with van der Waals surface area (Å²) in [6, 6.07) is 11.6. The van der Waals surface area contributed by atoms with Gasteiger partial charge in [-0.1, -0.05) is 6.07 Å². The van der Waals surface area contributed by atoms with Gasteiger partial charge in [-0.2, -0.15) is 5.26 Å². The Labute approximate surface area is 119 Å². The van der Waals surface area contributed by atoms with Gasteiger partial charge in [-0.3, -0.25) is 4.98 Å². The second-order valence-electron chi connectivity index (χ2n) is 4.55. The minimum absolute atomic E-state index is 0.639. The number of nitriles is 1. The first-order valence-corrected chi connectivity index (χ1v) is 6.42. The van der Waals surface area contributed by atoms with Crippen molar-refractivity contribution in [3.63, 3.8) is 0 Å². The maximum Gasteiger partial charge on any atom is 0.123 e. The van der Waals surface area contributed by atoms with Crippen LogP contribution < -0.4 is 10.1 Å². The van der Waals surface area contributed by atoms with Gasteiger partial charge >= 0.3 is 0 Å². The van der Waals surface area contributed by atoms with E-state index in [1.54, 1.807) is 13.2 Å². The number of aromatic nitrogens is 1. The molecule has 1 aromatic carbocycles. The van der Waals surface area contributed by atoms with E-state index in [4.69, 9.17) is 10.00 Å². The molecule has 4 nitrogen and oxygen atoms in total. The third-order valence-electron chi connectivity index (χ3n) is 3.03. The monoisotopic (exact) mass is 267 g/mol. The molecule has 0 saturated carbocycles. The van der Waals surface area contributed by atoms with Crippen LogP contribution >= 0.6 is 0 Å². The molecule has 2 rings (SSSR count). The lowest BCUT2D eigenvalue weighted by Gasteiger charge is -2.10. The molecule has 1 aromatic heterocycles. The fraction of sp³-hybridized carbons (Fsp3) is 0.250. The average molecular weight is 267 g/mol. The van der Waals surface area contributed by atoms with Crippen molar-refractivity contribution in [3.8, 4) is 11.8 Å². The van der Waals surface area contributed by atoms with Crippen molar-refractivity contribution in [2.75, 3.05) is 7.11 Å². The topological polar surface area (TPSA) is 57.9 Å². The molecule has 0 amide bonds. The van der Waals surface area contributed by atoms with Gasteiger partial charge in [-0.25, -0.2) is 0 Å². The van der Waals surface area contributed by atoms with Gasteiger partial charge in [0.2, 0.25) is 0 Å². The molecule has 0 spiro atoms. The highest BCUT2D eigenvalue weighted by Gasteiger charge is 2.04. The fourth-order valence-corrected chi connectivity index (χ4v) is 1.93. The number of ether oxygens (including phenoxy) is 1.